The number of amides is 2. The molecular weight excluding hydrogens is 226 g/mol. The van der Waals surface area contributed by atoms with Crippen LogP contribution >= 0.6 is 0 Å². The summed E-state index contributed by atoms with van der Waals surface area (Å²) < 4.78 is 10.2. The number of hydrogen-bond donors (Lipinski definition) is 4. The topological polar surface area (TPSA) is 106 Å². The van der Waals surface area contributed by atoms with Gasteiger partial charge in [0.25, 0.3) is 0 Å². The summed E-state index contributed by atoms with van der Waals surface area (Å²) in [7, 11) is 1.60. The molecule has 0 aromatic rings. The van der Waals surface area contributed by atoms with E-state index < -0.39 is 12.1 Å². The number of hydrogen-bond acceptors (Lipinski definition) is 5. The van der Waals surface area contributed by atoms with Crippen LogP contribution in [0.4, 0.5) is 4.79 Å². The Morgan fingerprint density at radius 2 is 2.12 bits per heavy atom. The smallest absolute Gasteiger partial charge is 0.312 e. The summed E-state index contributed by atoms with van der Waals surface area (Å²) >= 11 is 0. The fourth-order valence-electron chi connectivity index (χ4n) is 1.16. The van der Waals surface area contributed by atoms with Crippen LogP contribution in [-0.2, 0) is 9.47 Å². The SMILES string of the molecule is COCC(C)OCC(O)CNCCNC(N)=O. The molecule has 0 saturated heterocycles. The highest BCUT2D eigenvalue weighted by Crippen LogP contribution is 1.93. The zero-order chi connectivity index (χ0) is 13.1. The Balaban J connectivity index is 3.34. The Morgan fingerprint density at radius 1 is 1.41 bits per heavy atom. The molecule has 0 saturated carbocycles. The van der Waals surface area contributed by atoms with E-state index in [0.29, 0.717) is 26.2 Å². The Labute approximate surface area is 102 Å². The molecule has 0 aromatic heterocycles. The van der Waals surface area contributed by atoms with Crippen LogP contribution in [0.1, 0.15) is 6.92 Å². The van der Waals surface area contributed by atoms with Crippen LogP contribution in [0.5, 0.6) is 0 Å². The predicted octanol–water partition coefficient (Wildman–Crippen LogP) is -1.34. The lowest BCUT2D eigenvalue weighted by molar-refractivity contribution is -0.0309. The van der Waals surface area contributed by atoms with E-state index in [1.807, 2.05) is 6.92 Å². The molecule has 0 aliphatic rings. The van der Waals surface area contributed by atoms with Crippen molar-refractivity contribution in [3.63, 3.8) is 0 Å². The van der Waals surface area contributed by atoms with Gasteiger partial charge in [-0.3, -0.25) is 0 Å². The molecule has 0 rings (SSSR count). The first-order valence-electron chi connectivity index (χ1n) is 5.59. The summed E-state index contributed by atoms with van der Waals surface area (Å²) in [5.74, 6) is 0. The van der Waals surface area contributed by atoms with Gasteiger partial charge in [0.15, 0.2) is 0 Å². The van der Waals surface area contributed by atoms with E-state index in [9.17, 15) is 9.90 Å². The highest BCUT2D eigenvalue weighted by Gasteiger charge is 2.07. The zero-order valence-electron chi connectivity index (χ0n) is 10.4. The van der Waals surface area contributed by atoms with Gasteiger partial charge in [0.05, 0.1) is 25.4 Å². The Kier molecular flexibility index (Phi) is 9.74. The van der Waals surface area contributed by atoms with Gasteiger partial charge in [0.2, 0.25) is 0 Å². The fraction of sp³-hybridized carbons (Fsp3) is 0.900. The van der Waals surface area contributed by atoms with Crippen molar-refractivity contribution in [1.82, 2.24) is 10.6 Å². The molecule has 2 amide bonds. The van der Waals surface area contributed by atoms with Crippen molar-refractivity contribution in [2.45, 2.75) is 19.1 Å². The highest BCUT2D eigenvalue weighted by molar-refractivity contribution is 5.71. The minimum absolute atomic E-state index is 0.0359. The number of methoxy groups -OCH3 is 1. The van der Waals surface area contributed by atoms with E-state index >= 15 is 0 Å². The second-order valence-electron chi connectivity index (χ2n) is 3.75. The Bertz CT molecular complexity index is 204. The molecule has 0 bridgehead atoms. The lowest BCUT2D eigenvalue weighted by Gasteiger charge is -2.16. The van der Waals surface area contributed by atoms with Crippen LogP contribution in [0.15, 0.2) is 0 Å². The first kappa shape index (κ1) is 16.1. The van der Waals surface area contributed by atoms with E-state index in [1.165, 1.54) is 0 Å². The number of nitrogens with two attached hydrogens (primary N) is 1. The highest BCUT2D eigenvalue weighted by atomic mass is 16.5. The number of primary amides is 1. The maximum Gasteiger partial charge on any atom is 0.312 e. The van der Waals surface area contributed by atoms with E-state index in [-0.39, 0.29) is 12.7 Å². The lowest BCUT2D eigenvalue weighted by Crippen LogP contribution is -2.38. The molecule has 5 N–H and O–H groups in total. The number of carbonyl (C=O) groups excluding carboxylic acids is 1. The van der Waals surface area contributed by atoms with Crippen LogP contribution in [0.2, 0.25) is 0 Å². The third kappa shape index (κ3) is 11.4. The van der Waals surface area contributed by atoms with Gasteiger partial charge >= 0.3 is 6.03 Å². The molecular formula is C10H23N3O4. The fourth-order valence-corrected chi connectivity index (χ4v) is 1.16. The summed E-state index contributed by atoms with van der Waals surface area (Å²) in [6.07, 6.45) is -0.617. The molecule has 0 aromatic carbocycles. The molecule has 7 heteroatoms. The van der Waals surface area contributed by atoms with Crippen LogP contribution in [0.25, 0.3) is 0 Å². The molecule has 0 spiro atoms. The summed E-state index contributed by atoms with van der Waals surface area (Å²) in [5.41, 5.74) is 4.88. The van der Waals surface area contributed by atoms with Gasteiger partial charge in [-0.25, -0.2) is 4.79 Å². The Morgan fingerprint density at radius 3 is 2.71 bits per heavy atom. The van der Waals surface area contributed by atoms with E-state index in [4.69, 9.17) is 15.2 Å². The summed E-state index contributed by atoms with van der Waals surface area (Å²) in [6, 6.07) is -0.552. The number of carbonyl (C=O) groups is 1. The second kappa shape index (κ2) is 10.3. The maximum atomic E-state index is 10.3. The Hall–Kier alpha value is -0.890. The lowest BCUT2D eigenvalue weighted by atomic mass is 10.3. The average molecular weight is 249 g/mol. The van der Waals surface area contributed by atoms with Crippen molar-refractivity contribution in [3.05, 3.63) is 0 Å². The molecule has 0 aliphatic heterocycles. The van der Waals surface area contributed by atoms with Gasteiger partial charge in [0.1, 0.15) is 0 Å². The van der Waals surface area contributed by atoms with Gasteiger partial charge in [-0.05, 0) is 6.92 Å². The summed E-state index contributed by atoms with van der Waals surface area (Å²) in [6.45, 7) is 4.01. The minimum Gasteiger partial charge on any atom is -0.389 e. The van der Waals surface area contributed by atoms with Crippen LogP contribution in [-0.4, -0.2) is 63.3 Å². The molecule has 0 fully saturated rings. The summed E-state index contributed by atoms with van der Waals surface area (Å²) in [5, 5.41) is 14.9. The van der Waals surface area contributed by atoms with Crippen molar-refractivity contribution in [2.75, 3.05) is 40.0 Å². The monoisotopic (exact) mass is 249 g/mol. The van der Waals surface area contributed by atoms with Crippen molar-refractivity contribution in [2.24, 2.45) is 5.73 Å². The molecule has 7 nitrogen and oxygen atoms in total. The molecule has 17 heavy (non-hydrogen) atoms. The quantitative estimate of drug-likeness (QED) is 0.358. The number of nitrogens with one attached hydrogen (secondary N) is 2. The molecule has 0 heterocycles. The van der Waals surface area contributed by atoms with Crippen LogP contribution < -0.4 is 16.4 Å². The number of aliphatic hydroxyl groups is 1. The van der Waals surface area contributed by atoms with Crippen molar-refractivity contribution < 1.29 is 19.4 Å². The van der Waals surface area contributed by atoms with Crippen molar-refractivity contribution in [3.8, 4) is 0 Å². The van der Waals surface area contributed by atoms with Crippen molar-refractivity contribution in [1.29, 1.82) is 0 Å². The zero-order valence-corrected chi connectivity index (χ0v) is 10.4. The van der Waals surface area contributed by atoms with Gasteiger partial charge in [-0.1, -0.05) is 0 Å². The summed E-state index contributed by atoms with van der Waals surface area (Å²) in [4.78, 5) is 10.3. The van der Waals surface area contributed by atoms with Gasteiger partial charge < -0.3 is 30.9 Å². The van der Waals surface area contributed by atoms with E-state index in [1.54, 1.807) is 7.11 Å². The predicted molar refractivity (Wildman–Crippen MR) is 63.8 cm³/mol. The van der Waals surface area contributed by atoms with Crippen LogP contribution in [0, 0.1) is 0 Å². The second-order valence-corrected chi connectivity index (χ2v) is 3.75. The molecule has 0 radical (unpaired) electrons. The van der Waals surface area contributed by atoms with Crippen molar-refractivity contribution >= 4 is 6.03 Å². The standard InChI is InChI=1S/C10H23N3O4/c1-8(6-16-2)17-7-9(14)5-12-3-4-13-10(11)15/h8-9,12,14H,3-7H2,1-2H3,(H3,11,13,15). The van der Waals surface area contributed by atoms with Gasteiger partial charge in [-0.2, -0.15) is 0 Å². The normalized spacial score (nSPS) is 14.3. The number of rotatable bonds is 10. The average Bonchev–Trinajstić information content (AvgIpc) is 2.26. The molecule has 102 valence electrons. The first-order valence-corrected chi connectivity index (χ1v) is 5.59. The van der Waals surface area contributed by atoms with Gasteiger partial charge in [0, 0.05) is 26.7 Å². The minimum atomic E-state index is -0.581. The molecule has 0 aliphatic carbocycles. The molecule has 2 atom stereocenters. The number of aliphatic hydroxyl groups excluding tert-OH is 1. The maximum absolute atomic E-state index is 10.3. The third-order valence-electron chi connectivity index (χ3n) is 1.96. The first-order chi connectivity index (χ1) is 8.06. The van der Waals surface area contributed by atoms with Gasteiger partial charge in [-0.15, -0.1) is 0 Å². The van der Waals surface area contributed by atoms with E-state index in [0.717, 1.165) is 0 Å². The molecule has 2 unspecified atom stereocenters. The third-order valence-corrected chi connectivity index (χ3v) is 1.96. The van der Waals surface area contributed by atoms with Crippen LogP contribution in [0.3, 0.4) is 0 Å². The number of ether oxygens (including phenoxy) is 2. The largest absolute Gasteiger partial charge is 0.389 e. The van der Waals surface area contributed by atoms with E-state index in [2.05, 4.69) is 10.6 Å². The number of urea groups is 1.